The Morgan fingerprint density at radius 2 is 1.70 bits per heavy atom. The molecular weight excluding hydrogens is 380 g/mol. The summed E-state index contributed by atoms with van der Waals surface area (Å²) in [6.45, 7) is 1.40. The number of likely N-dealkylation sites (tertiary alicyclic amines) is 2. The monoisotopic (exact) mass is 414 g/mol. The fourth-order valence-electron chi connectivity index (χ4n) is 5.58. The van der Waals surface area contributed by atoms with E-state index in [2.05, 4.69) is 24.3 Å². The molecule has 0 bridgehead atoms. The molecule has 0 aromatic heterocycles. The van der Waals surface area contributed by atoms with Crippen LogP contribution in [0.5, 0.6) is 0 Å². The fraction of sp³-hybridized carbons (Fsp3) is 0.667. The Morgan fingerprint density at radius 1 is 1.00 bits per heavy atom. The van der Waals surface area contributed by atoms with Crippen LogP contribution < -0.4 is 0 Å². The Labute approximate surface area is 179 Å². The molecule has 2 aliphatic heterocycles. The van der Waals surface area contributed by atoms with Gasteiger partial charge < -0.3 is 19.3 Å². The summed E-state index contributed by atoms with van der Waals surface area (Å²) >= 11 is 0. The molecule has 2 amide bonds. The van der Waals surface area contributed by atoms with Crippen molar-refractivity contribution in [2.45, 2.75) is 69.7 Å². The van der Waals surface area contributed by atoms with Gasteiger partial charge in [-0.1, -0.05) is 24.3 Å². The summed E-state index contributed by atoms with van der Waals surface area (Å²) in [6, 6.07) is 8.15. The van der Waals surface area contributed by atoms with Gasteiger partial charge in [0, 0.05) is 33.7 Å². The van der Waals surface area contributed by atoms with Gasteiger partial charge in [-0.25, -0.2) is 0 Å². The maximum absolute atomic E-state index is 13.4. The van der Waals surface area contributed by atoms with Crippen LogP contribution in [0.3, 0.4) is 0 Å². The second-order valence-corrected chi connectivity index (χ2v) is 8.91. The van der Waals surface area contributed by atoms with Gasteiger partial charge in [0.15, 0.2) is 6.29 Å². The van der Waals surface area contributed by atoms with Crippen LogP contribution in [0.4, 0.5) is 0 Å². The molecule has 0 N–H and O–H groups in total. The molecule has 30 heavy (non-hydrogen) atoms. The SMILES string of the molecule is COC(OC)[C@@H]1CCCN1C(=O)[C@@H]1CCCN1C(=O)C[C@H]1CCc2ccccc2C1. The number of aryl methyl sites for hydroxylation is 1. The first-order chi connectivity index (χ1) is 14.6. The molecule has 0 saturated carbocycles. The number of carbonyl (C=O) groups excluding carboxylic acids is 2. The lowest BCUT2D eigenvalue weighted by molar-refractivity contribution is -0.161. The van der Waals surface area contributed by atoms with Crippen LogP contribution in [0, 0.1) is 5.92 Å². The minimum atomic E-state index is -0.413. The van der Waals surface area contributed by atoms with Crippen LogP contribution in [0.2, 0.25) is 0 Å². The van der Waals surface area contributed by atoms with Crippen molar-refractivity contribution in [1.82, 2.24) is 9.80 Å². The Kier molecular flexibility index (Phi) is 6.74. The summed E-state index contributed by atoms with van der Waals surface area (Å²) in [5.41, 5.74) is 2.79. The Hall–Kier alpha value is -1.92. The zero-order valence-corrected chi connectivity index (χ0v) is 18.2. The molecule has 2 heterocycles. The van der Waals surface area contributed by atoms with E-state index in [1.165, 1.54) is 11.1 Å². The van der Waals surface area contributed by atoms with E-state index in [0.29, 0.717) is 25.4 Å². The van der Waals surface area contributed by atoms with E-state index in [1.54, 1.807) is 14.2 Å². The summed E-state index contributed by atoms with van der Waals surface area (Å²) in [5, 5.41) is 0. The van der Waals surface area contributed by atoms with Crippen molar-refractivity contribution in [3.63, 3.8) is 0 Å². The number of hydrogen-bond donors (Lipinski definition) is 0. The van der Waals surface area contributed by atoms with E-state index in [9.17, 15) is 9.59 Å². The molecule has 1 aromatic carbocycles. The van der Waals surface area contributed by atoms with Crippen molar-refractivity contribution in [1.29, 1.82) is 0 Å². The van der Waals surface area contributed by atoms with Gasteiger partial charge in [0.05, 0.1) is 6.04 Å². The quantitative estimate of drug-likeness (QED) is 0.672. The second kappa shape index (κ2) is 9.48. The minimum Gasteiger partial charge on any atom is -0.354 e. The molecule has 164 valence electrons. The van der Waals surface area contributed by atoms with Crippen molar-refractivity contribution in [2.24, 2.45) is 5.92 Å². The summed E-state index contributed by atoms with van der Waals surface area (Å²) in [5.74, 6) is 0.576. The highest BCUT2D eigenvalue weighted by Crippen LogP contribution is 2.31. The largest absolute Gasteiger partial charge is 0.354 e. The molecule has 4 rings (SSSR count). The van der Waals surface area contributed by atoms with Crippen molar-refractivity contribution in [2.75, 3.05) is 27.3 Å². The average Bonchev–Trinajstić information content (AvgIpc) is 3.44. The van der Waals surface area contributed by atoms with Gasteiger partial charge in [-0.15, -0.1) is 0 Å². The van der Waals surface area contributed by atoms with E-state index in [0.717, 1.165) is 44.9 Å². The summed E-state index contributed by atoms with van der Waals surface area (Å²) in [7, 11) is 3.23. The molecule has 6 nitrogen and oxygen atoms in total. The third kappa shape index (κ3) is 4.26. The van der Waals surface area contributed by atoms with Gasteiger partial charge in [-0.05, 0) is 62.0 Å². The van der Waals surface area contributed by atoms with Crippen molar-refractivity contribution < 1.29 is 19.1 Å². The lowest BCUT2D eigenvalue weighted by Gasteiger charge is -2.34. The van der Waals surface area contributed by atoms with Crippen molar-refractivity contribution >= 4 is 11.8 Å². The molecule has 0 unspecified atom stereocenters. The number of hydrogen-bond acceptors (Lipinski definition) is 4. The van der Waals surface area contributed by atoms with E-state index in [-0.39, 0.29) is 23.9 Å². The maximum atomic E-state index is 13.4. The van der Waals surface area contributed by atoms with Crippen LogP contribution in [0.1, 0.15) is 49.7 Å². The number of amides is 2. The predicted octanol–water partition coefficient (Wildman–Crippen LogP) is 2.78. The smallest absolute Gasteiger partial charge is 0.245 e. The molecule has 1 aromatic rings. The molecular formula is C24H34N2O4. The van der Waals surface area contributed by atoms with Gasteiger partial charge in [0.1, 0.15) is 6.04 Å². The summed E-state index contributed by atoms with van der Waals surface area (Å²) < 4.78 is 10.9. The average molecular weight is 415 g/mol. The highest BCUT2D eigenvalue weighted by Gasteiger charge is 2.42. The molecule has 2 fully saturated rings. The van der Waals surface area contributed by atoms with E-state index in [4.69, 9.17) is 9.47 Å². The Balaban J connectivity index is 1.39. The number of methoxy groups -OCH3 is 2. The Bertz CT molecular complexity index is 763. The molecule has 1 aliphatic carbocycles. The first-order valence-electron chi connectivity index (χ1n) is 11.3. The summed E-state index contributed by atoms with van der Waals surface area (Å²) in [6.07, 6.45) is 6.66. The fourth-order valence-corrected chi connectivity index (χ4v) is 5.58. The predicted molar refractivity (Wildman–Crippen MR) is 114 cm³/mol. The van der Waals surface area contributed by atoms with Crippen LogP contribution >= 0.6 is 0 Å². The molecule has 3 aliphatic rings. The number of benzene rings is 1. The number of fused-ring (bicyclic) bond motifs is 1. The number of carbonyl (C=O) groups is 2. The lowest BCUT2D eigenvalue weighted by Crippen LogP contribution is -2.52. The molecule has 0 radical (unpaired) electrons. The van der Waals surface area contributed by atoms with Gasteiger partial charge in [-0.3, -0.25) is 9.59 Å². The van der Waals surface area contributed by atoms with E-state index >= 15 is 0 Å². The highest BCUT2D eigenvalue weighted by molar-refractivity contribution is 5.88. The van der Waals surface area contributed by atoms with Crippen molar-refractivity contribution in [3.8, 4) is 0 Å². The maximum Gasteiger partial charge on any atom is 0.245 e. The Morgan fingerprint density at radius 3 is 2.47 bits per heavy atom. The molecule has 0 spiro atoms. The van der Waals surface area contributed by atoms with Crippen LogP contribution in [-0.2, 0) is 31.9 Å². The third-order valence-corrected chi connectivity index (χ3v) is 7.13. The summed E-state index contributed by atoms with van der Waals surface area (Å²) in [4.78, 5) is 30.3. The molecule has 6 heteroatoms. The zero-order chi connectivity index (χ0) is 21.1. The second-order valence-electron chi connectivity index (χ2n) is 8.91. The van der Waals surface area contributed by atoms with Crippen LogP contribution in [0.15, 0.2) is 24.3 Å². The molecule has 3 atom stereocenters. The first-order valence-corrected chi connectivity index (χ1v) is 11.3. The topological polar surface area (TPSA) is 59.1 Å². The lowest BCUT2D eigenvalue weighted by atomic mass is 9.82. The van der Waals surface area contributed by atoms with E-state index < -0.39 is 6.29 Å². The normalized spacial score (nSPS) is 26.3. The van der Waals surface area contributed by atoms with Gasteiger partial charge in [0.25, 0.3) is 0 Å². The number of rotatable bonds is 6. The van der Waals surface area contributed by atoms with Crippen LogP contribution in [0.25, 0.3) is 0 Å². The highest BCUT2D eigenvalue weighted by atomic mass is 16.7. The first kappa shape index (κ1) is 21.3. The van der Waals surface area contributed by atoms with Gasteiger partial charge in [0.2, 0.25) is 11.8 Å². The number of ether oxygens (including phenoxy) is 2. The van der Waals surface area contributed by atoms with Gasteiger partial charge in [-0.2, -0.15) is 0 Å². The van der Waals surface area contributed by atoms with Gasteiger partial charge >= 0.3 is 0 Å². The minimum absolute atomic E-state index is 0.0661. The number of nitrogens with zero attached hydrogens (tertiary/aromatic N) is 2. The zero-order valence-electron chi connectivity index (χ0n) is 18.2. The third-order valence-electron chi connectivity index (χ3n) is 7.13. The van der Waals surface area contributed by atoms with Crippen molar-refractivity contribution in [3.05, 3.63) is 35.4 Å². The van der Waals surface area contributed by atoms with E-state index in [1.807, 2.05) is 9.80 Å². The standard InChI is InChI=1S/C24H34N2O4/c1-29-24(30-2)21-10-6-14-26(21)23(28)20-9-5-13-25(20)22(27)16-17-11-12-18-7-3-4-8-19(18)15-17/h3-4,7-8,17,20-21,24H,5-6,9-16H2,1-2H3/t17-,20-,21-/m0/s1. The van der Waals surface area contributed by atoms with Crippen LogP contribution in [-0.4, -0.2) is 67.3 Å². The molecule has 2 saturated heterocycles.